The van der Waals surface area contributed by atoms with Crippen LogP contribution in [0.2, 0.25) is 0 Å². The molecule has 0 aliphatic carbocycles. The second-order valence-electron chi connectivity index (χ2n) is 8.34. The SMILES string of the molecule is CC(C)c1cccc(C(C)C)c1-n1ccn(-c2ccccc2Oc2ccccc2)c1=N. The average molecular weight is 412 g/mol. The first-order chi connectivity index (χ1) is 15.0. The lowest BCUT2D eigenvalue weighted by Gasteiger charge is -2.20. The fourth-order valence-electron chi connectivity index (χ4n) is 3.91. The summed E-state index contributed by atoms with van der Waals surface area (Å²) in [4.78, 5) is 0. The molecule has 0 saturated carbocycles. The Morgan fingerprint density at radius 1 is 0.677 bits per heavy atom. The first kappa shape index (κ1) is 20.7. The normalized spacial score (nSPS) is 11.3. The van der Waals surface area contributed by atoms with Gasteiger partial charge in [0.1, 0.15) is 5.75 Å². The Hall–Kier alpha value is -3.53. The van der Waals surface area contributed by atoms with Gasteiger partial charge in [-0.2, -0.15) is 0 Å². The molecule has 4 heteroatoms. The number of nitrogens with one attached hydrogen (secondary N) is 1. The molecule has 0 unspecified atom stereocenters. The molecular weight excluding hydrogens is 382 g/mol. The van der Waals surface area contributed by atoms with Gasteiger partial charge in [-0.05, 0) is 47.2 Å². The molecule has 31 heavy (non-hydrogen) atoms. The van der Waals surface area contributed by atoms with E-state index < -0.39 is 0 Å². The zero-order chi connectivity index (χ0) is 22.0. The third-order valence-corrected chi connectivity index (χ3v) is 5.50. The first-order valence-corrected chi connectivity index (χ1v) is 10.8. The smallest absolute Gasteiger partial charge is 0.211 e. The van der Waals surface area contributed by atoms with Gasteiger partial charge >= 0.3 is 0 Å². The van der Waals surface area contributed by atoms with Crippen LogP contribution < -0.4 is 10.4 Å². The van der Waals surface area contributed by atoms with E-state index >= 15 is 0 Å². The second-order valence-corrected chi connectivity index (χ2v) is 8.34. The summed E-state index contributed by atoms with van der Waals surface area (Å²) in [6, 6.07) is 24.0. The summed E-state index contributed by atoms with van der Waals surface area (Å²) in [6.45, 7) is 8.81. The molecule has 0 fully saturated rings. The van der Waals surface area contributed by atoms with Crippen LogP contribution in [0, 0.1) is 5.41 Å². The highest BCUT2D eigenvalue weighted by Gasteiger charge is 2.18. The molecule has 0 aliphatic rings. The molecule has 1 aromatic heterocycles. The maximum absolute atomic E-state index is 9.02. The molecule has 3 aromatic carbocycles. The number of benzene rings is 3. The van der Waals surface area contributed by atoms with Crippen LogP contribution in [-0.2, 0) is 0 Å². The van der Waals surface area contributed by atoms with Crippen molar-refractivity contribution in [3.8, 4) is 22.9 Å². The molecule has 0 aliphatic heterocycles. The third kappa shape index (κ3) is 4.06. The Morgan fingerprint density at radius 2 is 1.26 bits per heavy atom. The minimum Gasteiger partial charge on any atom is -0.455 e. The van der Waals surface area contributed by atoms with Crippen LogP contribution in [0.25, 0.3) is 11.4 Å². The standard InChI is InChI=1S/C27H29N3O/c1-19(2)22-13-10-14-23(20(3)4)26(22)30-18-17-29(27(30)28)24-15-8-9-16-25(24)31-21-11-6-5-7-12-21/h5-20,28H,1-4H3. The first-order valence-electron chi connectivity index (χ1n) is 10.8. The van der Waals surface area contributed by atoms with Crippen LogP contribution >= 0.6 is 0 Å². The summed E-state index contributed by atoms with van der Waals surface area (Å²) < 4.78 is 10.0. The number of para-hydroxylation sites is 4. The number of aromatic nitrogens is 2. The predicted octanol–water partition coefficient (Wildman–Crippen LogP) is 6.79. The van der Waals surface area contributed by atoms with Crippen molar-refractivity contribution in [2.75, 3.05) is 0 Å². The number of ether oxygens (including phenoxy) is 1. The van der Waals surface area contributed by atoms with Gasteiger partial charge in [-0.1, -0.05) is 76.2 Å². The van der Waals surface area contributed by atoms with Crippen LogP contribution in [0.3, 0.4) is 0 Å². The van der Waals surface area contributed by atoms with E-state index in [1.807, 2.05) is 76.1 Å². The van der Waals surface area contributed by atoms with Gasteiger partial charge in [0.05, 0.1) is 11.4 Å². The Bertz CT molecular complexity index is 1210. The zero-order valence-corrected chi connectivity index (χ0v) is 18.5. The fourth-order valence-corrected chi connectivity index (χ4v) is 3.91. The van der Waals surface area contributed by atoms with Gasteiger partial charge in [-0.3, -0.25) is 14.5 Å². The van der Waals surface area contributed by atoms with Gasteiger partial charge in [0, 0.05) is 12.4 Å². The summed E-state index contributed by atoms with van der Waals surface area (Å²) in [5.41, 5.74) is 4.83. The zero-order valence-electron chi connectivity index (χ0n) is 18.5. The molecule has 0 radical (unpaired) electrons. The number of rotatable bonds is 6. The van der Waals surface area contributed by atoms with E-state index in [9.17, 15) is 0 Å². The molecule has 0 saturated heterocycles. The number of hydrogen-bond acceptors (Lipinski definition) is 2. The summed E-state index contributed by atoms with van der Waals surface area (Å²) in [7, 11) is 0. The molecule has 158 valence electrons. The minimum atomic E-state index is 0.359. The van der Waals surface area contributed by atoms with Crippen molar-refractivity contribution in [2.45, 2.75) is 39.5 Å². The number of nitrogens with zero attached hydrogens (tertiary/aromatic N) is 2. The molecule has 1 N–H and O–H groups in total. The highest BCUT2D eigenvalue weighted by molar-refractivity contribution is 5.53. The Labute approximate surface area is 183 Å². The second kappa shape index (κ2) is 8.68. The van der Waals surface area contributed by atoms with Crippen LogP contribution in [-0.4, -0.2) is 9.13 Å². The van der Waals surface area contributed by atoms with E-state index in [2.05, 4.69) is 45.9 Å². The highest BCUT2D eigenvalue weighted by Crippen LogP contribution is 2.31. The monoisotopic (exact) mass is 411 g/mol. The minimum absolute atomic E-state index is 0.359. The van der Waals surface area contributed by atoms with E-state index in [0.29, 0.717) is 23.2 Å². The van der Waals surface area contributed by atoms with Gasteiger partial charge < -0.3 is 4.74 Å². The molecular formula is C27H29N3O. The largest absolute Gasteiger partial charge is 0.455 e. The van der Waals surface area contributed by atoms with E-state index in [-0.39, 0.29) is 0 Å². The summed E-state index contributed by atoms with van der Waals surface area (Å²) in [5, 5.41) is 9.02. The highest BCUT2D eigenvalue weighted by atomic mass is 16.5. The third-order valence-electron chi connectivity index (χ3n) is 5.50. The summed E-state index contributed by atoms with van der Waals surface area (Å²) in [5.74, 6) is 2.20. The van der Waals surface area contributed by atoms with Crippen LogP contribution in [0.5, 0.6) is 11.5 Å². The summed E-state index contributed by atoms with van der Waals surface area (Å²) >= 11 is 0. The van der Waals surface area contributed by atoms with Crippen molar-refractivity contribution in [3.63, 3.8) is 0 Å². The van der Waals surface area contributed by atoms with E-state index in [0.717, 1.165) is 17.1 Å². The van der Waals surface area contributed by atoms with Crippen molar-refractivity contribution in [3.05, 3.63) is 102 Å². The Morgan fingerprint density at radius 3 is 1.90 bits per heavy atom. The van der Waals surface area contributed by atoms with Gasteiger partial charge in [-0.15, -0.1) is 0 Å². The molecule has 0 bridgehead atoms. The molecule has 1 heterocycles. The number of hydrogen-bond donors (Lipinski definition) is 1. The molecule has 0 amide bonds. The topological polar surface area (TPSA) is 42.9 Å². The Balaban J connectivity index is 1.85. The van der Waals surface area contributed by atoms with Crippen molar-refractivity contribution in [2.24, 2.45) is 0 Å². The molecule has 4 aromatic rings. The lowest BCUT2D eigenvalue weighted by molar-refractivity contribution is 0.479. The van der Waals surface area contributed by atoms with Crippen molar-refractivity contribution in [1.29, 1.82) is 5.41 Å². The lowest BCUT2D eigenvalue weighted by atomic mass is 9.92. The summed E-state index contributed by atoms with van der Waals surface area (Å²) in [6.07, 6.45) is 3.92. The van der Waals surface area contributed by atoms with Crippen molar-refractivity contribution in [1.82, 2.24) is 9.13 Å². The van der Waals surface area contributed by atoms with Gasteiger partial charge in [0.15, 0.2) is 5.75 Å². The van der Waals surface area contributed by atoms with Crippen molar-refractivity contribution >= 4 is 0 Å². The van der Waals surface area contributed by atoms with Crippen LogP contribution in [0.15, 0.2) is 85.2 Å². The maximum atomic E-state index is 9.02. The van der Waals surface area contributed by atoms with Gasteiger partial charge in [-0.25, -0.2) is 0 Å². The molecule has 4 nitrogen and oxygen atoms in total. The quantitative estimate of drug-likeness (QED) is 0.373. The maximum Gasteiger partial charge on any atom is 0.211 e. The van der Waals surface area contributed by atoms with Crippen LogP contribution in [0.4, 0.5) is 0 Å². The molecule has 0 atom stereocenters. The lowest BCUT2D eigenvalue weighted by Crippen LogP contribution is -2.24. The van der Waals surface area contributed by atoms with E-state index in [1.165, 1.54) is 11.1 Å². The van der Waals surface area contributed by atoms with E-state index in [1.54, 1.807) is 0 Å². The molecule has 0 spiro atoms. The molecule has 4 rings (SSSR count). The number of imidazole rings is 1. The van der Waals surface area contributed by atoms with Crippen molar-refractivity contribution < 1.29 is 4.74 Å². The van der Waals surface area contributed by atoms with E-state index in [4.69, 9.17) is 10.1 Å². The van der Waals surface area contributed by atoms with Crippen LogP contribution in [0.1, 0.15) is 50.7 Å². The van der Waals surface area contributed by atoms with Gasteiger partial charge in [0.2, 0.25) is 5.62 Å². The average Bonchev–Trinajstić information content (AvgIpc) is 3.15. The predicted molar refractivity (Wildman–Crippen MR) is 126 cm³/mol. The fraction of sp³-hybridized carbons (Fsp3) is 0.222. The van der Waals surface area contributed by atoms with Gasteiger partial charge in [0.25, 0.3) is 0 Å². The Kier molecular flexibility index (Phi) is 5.81.